The highest BCUT2D eigenvalue weighted by atomic mass is 35.5. The standard InChI is InChI=1S/C13H24ClN3O/c1-5-10-13(14)11(17(7-3)16-10)8-9(15)12(6-2)18-4/h9,12H,5-8,15H2,1-4H3. The molecule has 5 heteroatoms. The third kappa shape index (κ3) is 3.25. The lowest BCUT2D eigenvalue weighted by molar-refractivity contribution is 0.0767. The molecule has 18 heavy (non-hydrogen) atoms. The molecule has 2 unspecified atom stereocenters. The SMILES string of the molecule is CCc1nn(CC)c(CC(N)C(CC)OC)c1Cl. The predicted octanol–water partition coefficient (Wildman–Crippen LogP) is 2.41. The molecule has 0 saturated carbocycles. The van der Waals surface area contributed by atoms with E-state index in [1.165, 1.54) is 0 Å². The van der Waals surface area contributed by atoms with Crippen molar-refractivity contribution in [3.05, 3.63) is 16.4 Å². The number of aromatic nitrogens is 2. The van der Waals surface area contributed by atoms with Crippen molar-refractivity contribution >= 4 is 11.6 Å². The average molecular weight is 274 g/mol. The predicted molar refractivity (Wildman–Crippen MR) is 75.1 cm³/mol. The molecule has 0 fully saturated rings. The van der Waals surface area contributed by atoms with Crippen molar-refractivity contribution in [3.63, 3.8) is 0 Å². The lowest BCUT2D eigenvalue weighted by Gasteiger charge is -2.21. The molecule has 2 atom stereocenters. The van der Waals surface area contributed by atoms with Crippen LogP contribution in [0.1, 0.15) is 38.6 Å². The number of methoxy groups -OCH3 is 1. The molecule has 1 heterocycles. The fourth-order valence-electron chi connectivity index (χ4n) is 2.21. The average Bonchev–Trinajstić information content (AvgIpc) is 2.68. The minimum absolute atomic E-state index is 0.0517. The maximum absolute atomic E-state index is 6.36. The van der Waals surface area contributed by atoms with E-state index in [2.05, 4.69) is 25.9 Å². The topological polar surface area (TPSA) is 53.1 Å². The van der Waals surface area contributed by atoms with Crippen molar-refractivity contribution in [1.29, 1.82) is 0 Å². The molecular formula is C13H24ClN3O. The zero-order valence-corrected chi connectivity index (χ0v) is 12.5. The summed E-state index contributed by atoms with van der Waals surface area (Å²) in [5.74, 6) is 0. The Hall–Kier alpha value is -0.580. The number of nitrogens with zero attached hydrogens (tertiary/aromatic N) is 2. The van der Waals surface area contributed by atoms with Crippen LogP contribution in [-0.2, 0) is 24.1 Å². The number of hydrogen-bond acceptors (Lipinski definition) is 3. The molecule has 0 aromatic carbocycles. The number of hydrogen-bond donors (Lipinski definition) is 1. The minimum Gasteiger partial charge on any atom is -0.380 e. The highest BCUT2D eigenvalue weighted by molar-refractivity contribution is 6.31. The zero-order valence-electron chi connectivity index (χ0n) is 11.7. The van der Waals surface area contributed by atoms with Gasteiger partial charge in [-0.2, -0.15) is 5.10 Å². The van der Waals surface area contributed by atoms with Crippen LogP contribution in [0.3, 0.4) is 0 Å². The van der Waals surface area contributed by atoms with Crippen molar-refractivity contribution in [2.45, 2.75) is 58.7 Å². The van der Waals surface area contributed by atoms with Crippen LogP contribution in [0.25, 0.3) is 0 Å². The molecule has 0 aliphatic rings. The molecule has 0 aliphatic heterocycles. The molecule has 0 aliphatic carbocycles. The van der Waals surface area contributed by atoms with Crippen molar-refractivity contribution in [2.75, 3.05) is 7.11 Å². The summed E-state index contributed by atoms with van der Waals surface area (Å²) in [5.41, 5.74) is 8.17. The van der Waals surface area contributed by atoms with Gasteiger partial charge in [-0.05, 0) is 19.8 Å². The van der Waals surface area contributed by atoms with Gasteiger partial charge < -0.3 is 10.5 Å². The Labute approximate surface area is 114 Å². The Morgan fingerprint density at radius 2 is 2.06 bits per heavy atom. The Balaban J connectivity index is 2.92. The first-order chi connectivity index (χ1) is 8.58. The Morgan fingerprint density at radius 3 is 2.50 bits per heavy atom. The van der Waals surface area contributed by atoms with E-state index < -0.39 is 0 Å². The van der Waals surface area contributed by atoms with E-state index in [-0.39, 0.29) is 12.1 Å². The monoisotopic (exact) mass is 273 g/mol. The summed E-state index contributed by atoms with van der Waals surface area (Å²) in [6, 6.07) is -0.0517. The van der Waals surface area contributed by atoms with Gasteiger partial charge in [-0.3, -0.25) is 4.68 Å². The van der Waals surface area contributed by atoms with Gasteiger partial charge >= 0.3 is 0 Å². The van der Waals surface area contributed by atoms with Crippen LogP contribution in [0.2, 0.25) is 5.02 Å². The summed E-state index contributed by atoms with van der Waals surface area (Å²) in [7, 11) is 1.70. The first-order valence-electron chi connectivity index (χ1n) is 6.61. The third-order valence-corrected chi connectivity index (χ3v) is 3.74. The van der Waals surface area contributed by atoms with Crippen molar-refractivity contribution in [3.8, 4) is 0 Å². The number of halogens is 1. The van der Waals surface area contributed by atoms with Crippen LogP contribution >= 0.6 is 11.6 Å². The number of aryl methyl sites for hydroxylation is 2. The van der Waals surface area contributed by atoms with Gasteiger partial charge in [0.2, 0.25) is 0 Å². The summed E-state index contributed by atoms with van der Waals surface area (Å²) >= 11 is 6.36. The molecule has 0 radical (unpaired) electrons. The first-order valence-corrected chi connectivity index (χ1v) is 6.99. The second kappa shape index (κ2) is 7.12. The highest BCUT2D eigenvalue weighted by Crippen LogP contribution is 2.23. The summed E-state index contributed by atoms with van der Waals surface area (Å²) in [5, 5.41) is 5.26. The van der Waals surface area contributed by atoms with Crippen molar-refractivity contribution in [1.82, 2.24) is 9.78 Å². The van der Waals surface area contributed by atoms with Gasteiger partial charge in [0.05, 0.1) is 22.5 Å². The van der Waals surface area contributed by atoms with E-state index in [9.17, 15) is 0 Å². The Bertz CT molecular complexity index is 375. The molecule has 1 rings (SSSR count). The van der Waals surface area contributed by atoms with Gasteiger partial charge in [-0.15, -0.1) is 0 Å². The summed E-state index contributed by atoms with van der Waals surface area (Å²) < 4.78 is 7.33. The van der Waals surface area contributed by atoms with E-state index in [1.54, 1.807) is 7.11 Å². The van der Waals surface area contributed by atoms with Crippen LogP contribution in [0.5, 0.6) is 0 Å². The molecule has 104 valence electrons. The minimum atomic E-state index is -0.0517. The third-order valence-electron chi connectivity index (χ3n) is 3.31. The molecule has 2 N–H and O–H groups in total. The fraction of sp³-hybridized carbons (Fsp3) is 0.769. The maximum Gasteiger partial charge on any atom is 0.0850 e. The van der Waals surface area contributed by atoms with E-state index in [4.69, 9.17) is 22.1 Å². The van der Waals surface area contributed by atoms with Gasteiger partial charge in [0.15, 0.2) is 0 Å². The van der Waals surface area contributed by atoms with E-state index >= 15 is 0 Å². The molecule has 0 saturated heterocycles. The smallest absolute Gasteiger partial charge is 0.0850 e. The zero-order chi connectivity index (χ0) is 13.7. The quantitative estimate of drug-likeness (QED) is 0.830. The molecule has 0 bridgehead atoms. The number of ether oxygens (including phenoxy) is 1. The lowest BCUT2D eigenvalue weighted by Crippen LogP contribution is -2.38. The van der Waals surface area contributed by atoms with Crippen LogP contribution in [0.15, 0.2) is 0 Å². The van der Waals surface area contributed by atoms with Crippen molar-refractivity contribution < 1.29 is 4.74 Å². The normalized spacial score (nSPS) is 14.8. The molecular weight excluding hydrogens is 250 g/mol. The van der Waals surface area contributed by atoms with Gasteiger partial charge in [0, 0.05) is 26.1 Å². The van der Waals surface area contributed by atoms with Gasteiger partial charge in [0.1, 0.15) is 0 Å². The molecule has 1 aromatic rings. The van der Waals surface area contributed by atoms with E-state index in [1.807, 2.05) is 4.68 Å². The van der Waals surface area contributed by atoms with E-state index in [0.717, 1.165) is 35.8 Å². The molecule has 0 spiro atoms. The lowest BCUT2D eigenvalue weighted by atomic mass is 10.0. The van der Waals surface area contributed by atoms with Crippen LogP contribution in [0, 0.1) is 0 Å². The molecule has 4 nitrogen and oxygen atoms in total. The number of rotatable bonds is 7. The summed E-state index contributed by atoms with van der Waals surface area (Å²) in [6.07, 6.45) is 2.50. The number of nitrogens with two attached hydrogens (primary N) is 1. The van der Waals surface area contributed by atoms with Gasteiger partial charge in [-0.1, -0.05) is 25.4 Å². The van der Waals surface area contributed by atoms with E-state index in [0.29, 0.717) is 6.42 Å². The summed E-state index contributed by atoms with van der Waals surface area (Å²) in [4.78, 5) is 0. The van der Waals surface area contributed by atoms with Gasteiger partial charge in [0.25, 0.3) is 0 Å². The molecule has 0 amide bonds. The van der Waals surface area contributed by atoms with Crippen LogP contribution in [0.4, 0.5) is 0 Å². The molecule has 1 aromatic heterocycles. The first kappa shape index (κ1) is 15.5. The highest BCUT2D eigenvalue weighted by Gasteiger charge is 2.21. The second-order valence-corrected chi connectivity index (χ2v) is 4.81. The van der Waals surface area contributed by atoms with Crippen molar-refractivity contribution in [2.24, 2.45) is 5.73 Å². The fourth-order valence-corrected chi connectivity index (χ4v) is 2.56. The maximum atomic E-state index is 6.36. The summed E-state index contributed by atoms with van der Waals surface area (Å²) in [6.45, 7) is 7.00. The second-order valence-electron chi connectivity index (χ2n) is 4.43. The van der Waals surface area contributed by atoms with Gasteiger partial charge in [-0.25, -0.2) is 0 Å². The largest absolute Gasteiger partial charge is 0.380 e. The van der Waals surface area contributed by atoms with Crippen LogP contribution < -0.4 is 5.73 Å². The Kier molecular flexibility index (Phi) is 6.12. The van der Waals surface area contributed by atoms with Crippen LogP contribution in [-0.4, -0.2) is 29.0 Å². The Morgan fingerprint density at radius 1 is 1.39 bits per heavy atom.